The van der Waals surface area contributed by atoms with Crippen LogP contribution in [0.1, 0.15) is 22.6 Å². The van der Waals surface area contributed by atoms with Crippen LogP contribution < -0.4 is 5.73 Å². The van der Waals surface area contributed by atoms with Crippen molar-refractivity contribution in [3.63, 3.8) is 0 Å². The van der Waals surface area contributed by atoms with Gasteiger partial charge in [-0.05, 0) is 35.5 Å². The Balaban J connectivity index is 1.87. The number of nitrogens with zero attached hydrogens (tertiary/aromatic N) is 2. The van der Waals surface area contributed by atoms with Gasteiger partial charge in [0, 0.05) is 34.0 Å². The molecule has 0 amide bonds. The van der Waals surface area contributed by atoms with Crippen LogP contribution in [0.15, 0.2) is 63.4 Å². The average molecular weight is 382 g/mol. The molecule has 4 rings (SSSR count). The van der Waals surface area contributed by atoms with Crippen LogP contribution in [-0.2, 0) is 4.74 Å². The molecule has 1 atom stereocenters. The predicted molar refractivity (Wildman–Crippen MR) is 106 cm³/mol. The molecule has 0 saturated heterocycles. The smallest absolute Gasteiger partial charge is 0.205 e. The highest BCUT2D eigenvalue weighted by Gasteiger charge is 2.37. The molecular weight excluding hydrogens is 362 g/mol. The van der Waals surface area contributed by atoms with Crippen LogP contribution in [0, 0.1) is 11.3 Å². The zero-order valence-electron chi connectivity index (χ0n) is 14.4. The van der Waals surface area contributed by atoms with E-state index in [1.165, 1.54) is 4.88 Å². The monoisotopic (exact) mass is 381 g/mol. The minimum atomic E-state index is -0.121. The van der Waals surface area contributed by atoms with E-state index in [-0.39, 0.29) is 11.8 Å². The van der Waals surface area contributed by atoms with Crippen molar-refractivity contribution in [1.82, 2.24) is 4.90 Å². The molecule has 2 aliphatic rings. The van der Waals surface area contributed by atoms with E-state index in [1.807, 2.05) is 17.5 Å². The zero-order chi connectivity index (χ0) is 18.1. The first-order valence-corrected chi connectivity index (χ1v) is 10.3. The summed E-state index contributed by atoms with van der Waals surface area (Å²) >= 11 is 3.36. The molecule has 0 saturated carbocycles. The van der Waals surface area contributed by atoms with Gasteiger partial charge in [-0.3, -0.25) is 4.90 Å². The highest BCUT2D eigenvalue weighted by Crippen LogP contribution is 2.44. The van der Waals surface area contributed by atoms with Crippen molar-refractivity contribution in [3.8, 4) is 6.07 Å². The summed E-state index contributed by atoms with van der Waals surface area (Å²) in [5.74, 6) is 0.953. The summed E-state index contributed by atoms with van der Waals surface area (Å²) < 4.78 is 6.01. The second kappa shape index (κ2) is 7.12. The number of thiophene rings is 2. The third-order valence-electron chi connectivity index (χ3n) is 4.74. The van der Waals surface area contributed by atoms with Crippen LogP contribution in [0.2, 0.25) is 0 Å². The molecule has 2 aliphatic heterocycles. The van der Waals surface area contributed by atoms with Crippen molar-refractivity contribution in [1.29, 1.82) is 5.26 Å². The van der Waals surface area contributed by atoms with Crippen LogP contribution in [0.4, 0.5) is 0 Å². The summed E-state index contributed by atoms with van der Waals surface area (Å²) in [6, 6.07) is 10.5. The molecule has 0 aliphatic carbocycles. The van der Waals surface area contributed by atoms with Gasteiger partial charge in [0.2, 0.25) is 5.88 Å². The van der Waals surface area contributed by atoms with Crippen LogP contribution in [0.5, 0.6) is 0 Å². The number of ether oxygens (including phenoxy) is 1. The van der Waals surface area contributed by atoms with Crippen LogP contribution in [0.3, 0.4) is 0 Å². The SMILES string of the molecule is CCN1CC2=C(OC(N)=C(C#N)C2c2cccs2)/C(=C/c2cccs2)C1. The van der Waals surface area contributed by atoms with Crippen molar-refractivity contribution in [2.75, 3.05) is 19.6 Å². The minimum Gasteiger partial charge on any atom is -0.440 e. The van der Waals surface area contributed by atoms with Crippen molar-refractivity contribution >= 4 is 28.7 Å². The topological polar surface area (TPSA) is 62.3 Å². The van der Waals surface area contributed by atoms with Gasteiger partial charge < -0.3 is 10.5 Å². The normalized spacial score (nSPS) is 22.3. The Hall–Kier alpha value is -2.33. The molecule has 2 aromatic heterocycles. The number of allylic oxidation sites excluding steroid dienone is 1. The van der Waals surface area contributed by atoms with Gasteiger partial charge in [-0.2, -0.15) is 5.26 Å². The van der Waals surface area contributed by atoms with E-state index in [2.05, 4.69) is 41.5 Å². The Kier molecular flexibility index (Phi) is 4.68. The Labute approximate surface area is 161 Å². The lowest BCUT2D eigenvalue weighted by molar-refractivity contribution is 0.239. The fourth-order valence-corrected chi connectivity index (χ4v) is 5.04. The molecule has 4 nitrogen and oxygen atoms in total. The van der Waals surface area contributed by atoms with Crippen molar-refractivity contribution in [2.24, 2.45) is 5.73 Å². The van der Waals surface area contributed by atoms with Gasteiger partial charge in [0.25, 0.3) is 0 Å². The zero-order valence-corrected chi connectivity index (χ0v) is 16.1. The fourth-order valence-electron chi connectivity index (χ4n) is 3.49. The average Bonchev–Trinajstić information content (AvgIpc) is 3.34. The lowest BCUT2D eigenvalue weighted by Gasteiger charge is -2.37. The van der Waals surface area contributed by atoms with Crippen molar-refractivity contribution in [2.45, 2.75) is 12.8 Å². The maximum Gasteiger partial charge on any atom is 0.205 e. The van der Waals surface area contributed by atoms with Crippen molar-refractivity contribution in [3.05, 3.63) is 73.1 Å². The Morgan fingerprint density at radius 1 is 1.31 bits per heavy atom. The van der Waals surface area contributed by atoms with Gasteiger partial charge >= 0.3 is 0 Å². The highest BCUT2D eigenvalue weighted by molar-refractivity contribution is 7.10. The largest absolute Gasteiger partial charge is 0.440 e. The first-order valence-electron chi connectivity index (χ1n) is 8.52. The molecule has 0 fully saturated rings. The summed E-state index contributed by atoms with van der Waals surface area (Å²) in [4.78, 5) is 4.70. The Morgan fingerprint density at radius 2 is 2.12 bits per heavy atom. The van der Waals surface area contributed by atoms with Gasteiger partial charge in [0.1, 0.15) is 17.4 Å². The maximum atomic E-state index is 9.70. The van der Waals surface area contributed by atoms with Gasteiger partial charge in [0.05, 0.1) is 5.92 Å². The summed E-state index contributed by atoms with van der Waals surface area (Å²) in [6.45, 7) is 4.71. The van der Waals surface area contributed by atoms with Crippen LogP contribution >= 0.6 is 22.7 Å². The highest BCUT2D eigenvalue weighted by atomic mass is 32.1. The standard InChI is InChI=1S/C20H19N3OS2/c1-2-23-11-13(9-14-5-3-7-25-14)19-16(12-23)18(17-6-4-8-26-17)15(10-21)20(22)24-19/h3-9,18H,2,11-12,22H2,1H3/b13-9+. The Morgan fingerprint density at radius 3 is 2.77 bits per heavy atom. The number of rotatable bonds is 3. The molecule has 1 unspecified atom stereocenters. The molecule has 2 aromatic rings. The second-order valence-corrected chi connectivity index (χ2v) is 8.24. The molecule has 6 heteroatoms. The van der Waals surface area contributed by atoms with E-state index in [9.17, 15) is 5.26 Å². The predicted octanol–water partition coefficient (Wildman–Crippen LogP) is 4.29. The first kappa shape index (κ1) is 17.1. The fraction of sp³-hybridized carbons (Fsp3) is 0.250. The van der Waals surface area contributed by atoms with Crippen LogP contribution in [0.25, 0.3) is 6.08 Å². The molecule has 132 valence electrons. The molecule has 2 N–H and O–H groups in total. The summed E-state index contributed by atoms with van der Waals surface area (Å²) in [5.41, 5.74) is 8.93. The molecule has 0 radical (unpaired) electrons. The molecule has 0 bridgehead atoms. The van der Waals surface area contributed by atoms with Crippen LogP contribution in [-0.4, -0.2) is 24.5 Å². The Bertz CT molecular complexity index is 930. The quantitative estimate of drug-likeness (QED) is 0.861. The van der Waals surface area contributed by atoms with Gasteiger partial charge in [-0.15, -0.1) is 22.7 Å². The van der Waals surface area contributed by atoms with E-state index in [0.29, 0.717) is 5.57 Å². The molecule has 26 heavy (non-hydrogen) atoms. The number of hydrogen-bond donors (Lipinski definition) is 1. The third-order valence-corrected chi connectivity index (χ3v) is 6.50. The third kappa shape index (κ3) is 2.99. The second-order valence-electron chi connectivity index (χ2n) is 6.28. The summed E-state index contributed by atoms with van der Waals surface area (Å²) in [6.07, 6.45) is 2.18. The molecule has 0 spiro atoms. The maximum absolute atomic E-state index is 9.70. The van der Waals surface area contributed by atoms with E-state index < -0.39 is 0 Å². The summed E-state index contributed by atoms with van der Waals surface area (Å²) in [5, 5.41) is 13.8. The minimum absolute atomic E-state index is 0.121. The van der Waals surface area contributed by atoms with Gasteiger partial charge in [-0.25, -0.2) is 0 Å². The lowest BCUT2D eigenvalue weighted by Crippen LogP contribution is -2.37. The van der Waals surface area contributed by atoms with Gasteiger partial charge in [-0.1, -0.05) is 19.1 Å². The van der Waals surface area contributed by atoms with Crippen molar-refractivity contribution < 1.29 is 4.74 Å². The number of hydrogen-bond acceptors (Lipinski definition) is 6. The van der Waals surface area contributed by atoms with Gasteiger partial charge in [0.15, 0.2) is 0 Å². The van der Waals surface area contributed by atoms with E-state index >= 15 is 0 Å². The summed E-state index contributed by atoms with van der Waals surface area (Å²) in [7, 11) is 0. The number of nitriles is 1. The van der Waals surface area contributed by atoms with E-state index in [0.717, 1.165) is 41.4 Å². The number of nitrogens with two attached hydrogens (primary N) is 1. The van der Waals surface area contributed by atoms with E-state index in [4.69, 9.17) is 10.5 Å². The first-order chi connectivity index (χ1) is 12.7. The molecule has 4 heterocycles. The molecule has 0 aromatic carbocycles. The lowest BCUT2D eigenvalue weighted by atomic mass is 9.84. The molecular formula is C20H19N3OS2. The number of likely N-dealkylation sites (N-methyl/N-ethyl adjacent to an activating group) is 1. The van der Waals surface area contributed by atoms with E-state index in [1.54, 1.807) is 22.7 Å².